The van der Waals surface area contributed by atoms with Gasteiger partial charge >= 0.3 is 7.82 Å². The lowest BCUT2D eigenvalue weighted by atomic mass is 10.0. The van der Waals surface area contributed by atoms with E-state index in [0.717, 1.165) is 19.3 Å². The molecule has 0 radical (unpaired) electrons. The van der Waals surface area contributed by atoms with E-state index in [1.54, 1.807) is 0 Å². The standard InChI is InChI=1S/C18H39O5P/c1-2-3-4-5-6-7-8-9-10-11-12-13-14-15-18(16-17-19)23-24(20,21)22/h18-19H,2-17H2,1H3,(H2,20,21,22). The Bertz CT molecular complexity index is 306. The van der Waals surface area contributed by atoms with Crippen LogP contribution >= 0.6 is 7.82 Å². The van der Waals surface area contributed by atoms with Crippen molar-refractivity contribution in [2.24, 2.45) is 0 Å². The fourth-order valence-corrected chi connectivity index (χ4v) is 3.58. The molecule has 6 heteroatoms. The third kappa shape index (κ3) is 18.4. The molecule has 5 nitrogen and oxygen atoms in total. The normalized spacial score (nSPS) is 13.3. The quantitative estimate of drug-likeness (QED) is 0.225. The van der Waals surface area contributed by atoms with Crippen LogP contribution in [0.2, 0.25) is 0 Å². The number of hydrogen-bond donors (Lipinski definition) is 3. The Kier molecular flexibility index (Phi) is 16.6. The van der Waals surface area contributed by atoms with E-state index in [1.807, 2.05) is 0 Å². The third-order valence-electron chi connectivity index (χ3n) is 4.37. The van der Waals surface area contributed by atoms with Crippen molar-refractivity contribution in [1.82, 2.24) is 0 Å². The van der Waals surface area contributed by atoms with Crippen molar-refractivity contribution in [1.29, 1.82) is 0 Å². The number of phosphoric acid groups is 1. The minimum absolute atomic E-state index is 0.108. The van der Waals surface area contributed by atoms with Crippen molar-refractivity contribution in [3.8, 4) is 0 Å². The van der Waals surface area contributed by atoms with E-state index >= 15 is 0 Å². The zero-order valence-electron chi connectivity index (χ0n) is 15.5. The second-order valence-electron chi connectivity index (χ2n) is 6.76. The minimum atomic E-state index is -4.45. The van der Waals surface area contributed by atoms with E-state index in [-0.39, 0.29) is 13.0 Å². The maximum Gasteiger partial charge on any atom is 0.469 e. The number of rotatable bonds is 18. The number of phosphoric ester groups is 1. The summed E-state index contributed by atoms with van der Waals surface area (Å²) in [6.07, 6.45) is 16.9. The number of aliphatic hydroxyl groups excluding tert-OH is 1. The summed E-state index contributed by atoms with van der Waals surface area (Å²) in [4.78, 5) is 17.7. The molecule has 0 heterocycles. The van der Waals surface area contributed by atoms with Gasteiger partial charge in [-0.05, 0) is 12.8 Å². The Morgan fingerprint density at radius 2 is 1.17 bits per heavy atom. The first kappa shape index (κ1) is 24.1. The molecule has 3 N–H and O–H groups in total. The first-order valence-corrected chi connectivity index (χ1v) is 11.4. The Hall–Kier alpha value is 0.0700. The van der Waals surface area contributed by atoms with E-state index in [4.69, 9.17) is 19.4 Å². The Morgan fingerprint density at radius 1 is 0.750 bits per heavy atom. The zero-order valence-corrected chi connectivity index (χ0v) is 16.4. The molecule has 24 heavy (non-hydrogen) atoms. The first-order valence-electron chi connectivity index (χ1n) is 9.84. The SMILES string of the molecule is CCCCCCCCCCCCCCCC(CCO)OP(=O)(O)O. The van der Waals surface area contributed by atoms with E-state index in [0.29, 0.717) is 6.42 Å². The smallest absolute Gasteiger partial charge is 0.396 e. The van der Waals surface area contributed by atoms with Crippen LogP contribution in [-0.4, -0.2) is 27.6 Å². The van der Waals surface area contributed by atoms with Gasteiger partial charge in [-0.15, -0.1) is 0 Å². The summed E-state index contributed by atoms with van der Waals surface area (Å²) >= 11 is 0. The van der Waals surface area contributed by atoms with Gasteiger partial charge < -0.3 is 14.9 Å². The van der Waals surface area contributed by atoms with Gasteiger partial charge in [-0.3, -0.25) is 4.52 Å². The van der Waals surface area contributed by atoms with Gasteiger partial charge in [0.05, 0.1) is 6.10 Å². The van der Waals surface area contributed by atoms with Crippen molar-refractivity contribution in [3.05, 3.63) is 0 Å². The summed E-state index contributed by atoms with van der Waals surface area (Å²) in [5.41, 5.74) is 0. The van der Waals surface area contributed by atoms with Crippen molar-refractivity contribution in [2.75, 3.05) is 6.61 Å². The van der Waals surface area contributed by atoms with Crippen LogP contribution in [0.4, 0.5) is 0 Å². The predicted molar refractivity (Wildman–Crippen MR) is 98.9 cm³/mol. The molecule has 0 aliphatic carbocycles. The average Bonchev–Trinajstić information content (AvgIpc) is 2.50. The van der Waals surface area contributed by atoms with Crippen LogP contribution in [0.1, 0.15) is 103 Å². The summed E-state index contributed by atoms with van der Waals surface area (Å²) in [6.45, 7) is 2.14. The van der Waals surface area contributed by atoms with Gasteiger partial charge in [0, 0.05) is 6.61 Å². The van der Waals surface area contributed by atoms with Crippen LogP contribution in [0.25, 0.3) is 0 Å². The van der Waals surface area contributed by atoms with E-state index in [1.165, 1.54) is 64.2 Å². The second kappa shape index (κ2) is 16.5. The lowest BCUT2D eigenvalue weighted by Gasteiger charge is -2.17. The molecule has 0 amide bonds. The molecule has 0 bridgehead atoms. The molecule has 0 aliphatic rings. The summed E-state index contributed by atoms with van der Waals surface area (Å²) < 4.78 is 15.5. The molecule has 0 aromatic carbocycles. The largest absolute Gasteiger partial charge is 0.469 e. The fraction of sp³-hybridized carbons (Fsp3) is 1.00. The highest BCUT2D eigenvalue weighted by Crippen LogP contribution is 2.39. The molecule has 1 atom stereocenters. The summed E-state index contributed by atoms with van der Waals surface area (Å²) in [5.74, 6) is 0. The molecule has 0 saturated heterocycles. The monoisotopic (exact) mass is 366 g/mol. The van der Waals surface area contributed by atoms with Crippen LogP contribution in [0.15, 0.2) is 0 Å². The van der Waals surface area contributed by atoms with Crippen molar-refractivity contribution < 1.29 is 24.0 Å². The lowest BCUT2D eigenvalue weighted by molar-refractivity contribution is 0.101. The van der Waals surface area contributed by atoms with E-state index in [2.05, 4.69) is 6.92 Å². The lowest BCUT2D eigenvalue weighted by Crippen LogP contribution is -2.13. The Balaban J connectivity index is 3.38. The highest BCUT2D eigenvalue weighted by Gasteiger charge is 2.21. The molecule has 0 spiro atoms. The molecule has 0 rings (SSSR count). The maximum atomic E-state index is 10.8. The van der Waals surface area contributed by atoms with Crippen LogP contribution in [-0.2, 0) is 9.09 Å². The van der Waals surface area contributed by atoms with Crippen molar-refractivity contribution in [2.45, 2.75) is 109 Å². The van der Waals surface area contributed by atoms with E-state index < -0.39 is 13.9 Å². The summed E-state index contributed by atoms with van der Waals surface area (Å²) in [6, 6.07) is 0. The maximum absolute atomic E-state index is 10.8. The van der Waals surface area contributed by atoms with Crippen molar-refractivity contribution >= 4 is 7.82 Å². The van der Waals surface area contributed by atoms with Crippen molar-refractivity contribution in [3.63, 3.8) is 0 Å². The molecule has 0 saturated carbocycles. The van der Waals surface area contributed by atoms with Crippen LogP contribution in [0, 0.1) is 0 Å². The molecule has 146 valence electrons. The van der Waals surface area contributed by atoms with E-state index in [9.17, 15) is 4.57 Å². The summed E-state index contributed by atoms with van der Waals surface area (Å²) in [7, 11) is -4.45. The van der Waals surface area contributed by atoms with Crippen LogP contribution < -0.4 is 0 Å². The number of unbranched alkanes of at least 4 members (excludes halogenated alkanes) is 12. The van der Waals surface area contributed by atoms with Gasteiger partial charge in [0.1, 0.15) is 0 Å². The molecule has 1 unspecified atom stereocenters. The minimum Gasteiger partial charge on any atom is -0.396 e. The van der Waals surface area contributed by atoms with Gasteiger partial charge in [0.15, 0.2) is 0 Å². The predicted octanol–water partition coefficient (Wildman–Crippen LogP) is 5.33. The Morgan fingerprint density at radius 3 is 1.54 bits per heavy atom. The molecule has 0 aromatic rings. The van der Waals surface area contributed by atoms with Gasteiger partial charge in [0.25, 0.3) is 0 Å². The average molecular weight is 366 g/mol. The molecular formula is C18H39O5P. The third-order valence-corrected chi connectivity index (χ3v) is 4.94. The molecule has 0 aliphatic heterocycles. The molecule has 0 aromatic heterocycles. The molecular weight excluding hydrogens is 327 g/mol. The van der Waals surface area contributed by atoms with Gasteiger partial charge in [-0.25, -0.2) is 4.57 Å². The fourth-order valence-electron chi connectivity index (χ4n) is 2.98. The van der Waals surface area contributed by atoms with Gasteiger partial charge in [-0.1, -0.05) is 90.4 Å². The summed E-state index contributed by atoms with van der Waals surface area (Å²) in [5, 5.41) is 8.90. The topological polar surface area (TPSA) is 87.0 Å². The second-order valence-corrected chi connectivity index (χ2v) is 7.95. The van der Waals surface area contributed by atoms with Crippen LogP contribution in [0.5, 0.6) is 0 Å². The highest BCUT2D eigenvalue weighted by atomic mass is 31.2. The first-order chi connectivity index (χ1) is 11.5. The van der Waals surface area contributed by atoms with Crippen LogP contribution in [0.3, 0.4) is 0 Å². The zero-order chi connectivity index (χ0) is 18.1. The number of hydrogen-bond acceptors (Lipinski definition) is 3. The highest BCUT2D eigenvalue weighted by molar-refractivity contribution is 7.46. The van der Waals surface area contributed by atoms with Gasteiger partial charge in [0.2, 0.25) is 0 Å². The Labute approximate surface area is 148 Å². The molecule has 0 fully saturated rings. The number of aliphatic hydroxyl groups is 1. The van der Waals surface area contributed by atoms with Gasteiger partial charge in [-0.2, -0.15) is 0 Å².